The summed E-state index contributed by atoms with van der Waals surface area (Å²) in [4.78, 5) is 9.41. The molecule has 1 aromatic carbocycles. The van der Waals surface area contributed by atoms with E-state index in [1.165, 1.54) is 0 Å². The zero-order valence-corrected chi connectivity index (χ0v) is 15.0. The van der Waals surface area contributed by atoms with E-state index >= 15 is 0 Å². The van der Waals surface area contributed by atoms with Crippen LogP contribution in [0.25, 0.3) is 27.1 Å². The number of aromatic amines is 1. The summed E-state index contributed by atoms with van der Waals surface area (Å²) in [6, 6.07) is 10.1. The average Bonchev–Trinajstić information content (AvgIpc) is 3.33. The Hall–Kier alpha value is -3.26. The van der Waals surface area contributed by atoms with E-state index in [2.05, 4.69) is 25.6 Å². The van der Waals surface area contributed by atoms with Crippen LogP contribution in [-0.2, 0) is 0 Å². The second kappa shape index (κ2) is 5.63. The van der Waals surface area contributed by atoms with E-state index in [1.54, 1.807) is 16.0 Å². The maximum absolute atomic E-state index is 4.75. The first-order chi connectivity index (χ1) is 12.7. The van der Waals surface area contributed by atoms with Crippen molar-refractivity contribution in [2.45, 2.75) is 13.8 Å². The van der Waals surface area contributed by atoms with Crippen molar-refractivity contribution in [1.29, 1.82) is 0 Å². The third-order valence-electron chi connectivity index (χ3n) is 4.19. The third kappa shape index (κ3) is 2.42. The molecule has 128 valence electrons. The van der Waals surface area contributed by atoms with Gasteiger partial charge < -0.3 is 5.32 Å². The number of thiophene rings is 1. The molecule has 0 aliphatic carbocycles. The zero-order chi connectivity index (χ0) is 17.7. The van der Waals surface area contributed by atoms with Crippen molar-refractivity contribution in [3.8, 4) is 5.95 Å². The second-order valence-electron chi connectivity index (χ2n) is 6.14. The van der Waals surface area contributed by atoms with E-state index in [1.807, 2.05) is 55.8 Å². The number of nitrogens with one attached hydrogen (secondary N) is 2. The average molecular weight is 361 g/mol. The van der Waals surface area contributed by atoms with E-state index in [0.717, 1.165) is 44.0 Å². The van der Waals surface area contributed by atoms with Gasteiger partial charge in [0.05, 0.1) is 27.6 Å². The van der Waals surface area contributed by atoms with Gasteiger partial charge in [-0.1, -0.05) is 0 Å². The van der Waals surface area contributed by atoms with Crippen LogP contribution in [-0.4, -0.2) is 29.9 Å². The number of anilines is 2. The van der Waals surface area contributed by atoms with Gasteiger partial charge in [-0.05, 0) is 49.6 Å². The molecule has 0 bridgehead atoms. The molecular weight excluding hydrogens is 346 g/mol. The number of aromatic nitrogens is 6. The molecule has 0 saturated heterocycles. The summed E-state index contributed by atoms with van der Waals surface area (Å²) >= 11 is 1.62. The van der Waals surface area contributed by atoms with Gasteiger partial charge in [-0.25, -0.2) is 9.67 Å². The van der Waals surface area contributed by atoms with Crippen LogP contribution in [0.4, 0.5) is 11.5 Å². The molecule has 4 aromatic heterocycles. The number of nitrogens with zero attached hydrogens (tertiary/aromatic N) is 5. The number of rotatable bonds is 3. The van der Waals surface area contributed by atoms with E-state index in [-0.39, 0.29) is 0 Å². The smallest absolute Gasteiger partial charge is 0.253 e. The second-order valence-corrected chi connectivity index (χ2v) is 7.06. The topological polar surface area (TPSA) is 84.3 Å². The van der Waals surface area contributed by atoms with E-state index in [4.69, 9.17) is 4.98 Å². The Morgan fingerprint density at radius 2 is 2.04 bits per heavy atom. The van der Waals surface area contributed by atoms with Gasteiger partial charge >= 0.3 is 0 Å². The Labute approximate surface area is 152 Å². The number of hydrogen-bond donors (Lipinski definition) is 2. The normalized spacial score (nSPS) is 11.5. The molecule has 0 saturated carbocycles. The number of hydrogen-bond acceptors (Lipinski definition) is 6. The van der Waals surface area contributed by atoms with Crippen molar-refractivity contribution < 1.29 is 0 Å². The largest absolute Gasteiger partial charge is 0.339 e. The maximum Gasteiger partial charge on any atom is 0.253 e. The standard InChI is InChI=1S/C18H15N7S/c1-10-7-11(2)25(24-10)18-21-15-5-6-26-16(15)17(22-18)20-13-3-4-14-12(8-13)9-19-23-14/h3-9H,1-2H3,(H,19,23)(H,20,21,22). The highest BCUT2D eigenvalue weighted by Gasteiger charge is 2.13. The van der Waals surface area contributed by atoms with Crippen LogP contribution in [0.2, 0.25) is 0 Å². The fourth-order valence-electron chi connectivity index (χ4n) is 3.02. The van der Waals surface area contributed by atoms with Crippen LogP contribution in [0.15, 0.2) is 41.9 Å². The Bertz CT molecular complexity index is 1250. The fraction of sp³-hybridized carbons (Fsp3) is 0.111. The fourth-order valence-corrected chi connectivity index (χ4v) is 3.80. The highest BCUT2D eigenvalue weighted by molar-refractivity contribution is 7.17. The van der Waals surface area contributed by atoms with Crippen molar-refractivity contribution in [2.24, 2.45) is 0 Å². The molecule has 5 rings (SSSR count). The predicted octanol–water partition coefficient (Wildman–Crippen LogP) is 4.11. The van der Waals surface area contributed by atoms with Gasteiger partial charge in [-0.3, -0.25) is 5.10 Å². The van der Waals surface area contributed by atoms with Crippen LogP contribution >= 0.6 is 11.3 Å². The highest BCUT2D eigenvalue weighted by Crippen LogP contribution is 2.30. The minimum absolute atomic E-state index is 0.563. The summed E-state index contributed by atoms with van der Waals surface area (Å²) in [5.74, 6) is 1.34. The number of fused-ring (bicyclic) bond motifs is 2. The van der Waals surface area contributed by atoms with Gasteiger partial charge in [0.2, 0.25) is 0 Å². The monoisotopic (exact) mass is 361 g/mol. The quantitative estimate of drug-likeness (QED) is 0.505. The summed E-state index contributed by atoms with van der Waals surface area (Å²) in [7, 11) is 0. The summed E-state index contributed by atoms with van der Waals surface area (Å²) < 4.78 is 2.79. The molecule has 0 amide bonds. The number of aryl methyl sites for hydroxylation is 2. The lowest BCUT2D eigenvalue weighted by Crippen LogP contribution is -2.07. The van der Waals surface area contributed by atoms with Crippen molar-refractivity contribution in [1.82, 2.24) is 29.9 Å². The van der Waals surface area contributed by atoms with Gasteiger partial charge in [0, 0.05) is 16.8 Å². The summed E-state index contributed by atoms with van der Waals surface area (Å²) in [5, 5.41) is 18.0. The molecule has 5 aromatic rings. The Kier molecular flexibility index (Phi) is 3.26. The Morgan fingerprint density at radius 3 is 2.88 bits per heavy atom. The first-order valence-electron chi connectivity index (χ1n) is 8.16. The van der Waals surface area contributed by atoms with E-state index in [9.17, 15) is 0 Å². The summed E-state index contributed by atoms with van der Waals surface area (Å²) in [5.41, 5.74) is 4.80. The molecule has 0 spiro atoms. The zero-order valence-electron chi connectivity index (χ0n) is 14.2. The molecule has 0 atom stereocenters. The van der Waals surface area contributed by atoms with E-state index < -0.39 is 0 Å². The molecule has 4 heterocycles. The van der Waals surface area contributed by atoms with Crippen molar-refractivity contribution in [3.63, 3.8) is 0 Å². The van der Waals surface area contributed by atoms with Crippen LogP contribution in [0.1, 0.15) is 11.4 Å². The van der Waals surface area contributed by atoms with Crippen molar-refractivity contribution >= 4 is 44.0 Å². The maximum atomic E-state index is 4.75. The predicted molar refractivity (Wildman–Crippen MR) is 103 cm³/mol. The lowest BCUT2D eigenvalue weighted by atomic mass is 10.2. The molecule has 26 heavy (non-hydrogen) atoms. The Balaban J connectivity index is 1.64. The molecule has 0 aliphatic heterocycles. The molecule has 8 heteroatoms. The van der Waals surface area contributed by atoms with Crippen molar-refractivity contribution in [3.05, 3.63) is 53.3 Å². The lowest BCUT2D eigenvalue weighted by molar-refractivity contribution is 0.781. The summed E-state index contributed by atoms with van der Waals surface area (Å²) in [6.45, 7) is 3.97. The number of H-pyrrole nitrogens is 1. The molecule has 0 radical (unpaired) electrons. The SMILES string of the molecule is Cc1cc(C)n(-c2nc(Nc3ccc4[nH]ncc4c3)c3sccc3n2)n1. The minimum Gasteiger partial charge on any atom is -0.339 e. The van der Waals surface area contributed by atoms with Crippen LogP contribution in [0, 0.1) is 13.8 Å². The van der Waals surface area contributed by atoms with Gasteiger partial charge in [0.15, 0.2) is 5.82 Å². The molecule has 7 nitrogen and oxygen atoms in total. The van der Waals surface area contributed by atoms with Gasteiger partial charge in [-0.15, -0.1) is 11.3 Å². The van der Waals surface area contributed by atoms with Gasteiger partial charge in [-0.2, -0.15) is 15.2 Å². The van der Waals surface area contributed by atoms with Gasteiger partial charge in [0.25, 0.3) is 5.95 Å². The van der Waals surface area contributed by atoms with Crippen LogP contribution in [0.3, 0.4) is 0 Å². The molecule has 0 fully saturated rings. The first kappa shape index (κ1) is 15.0. The van der Waals surface area contributed by atoms with Crippen LogP contribution in [0.5, 0.6) is 0 Å². The third-order valence-corrected chi connectivity index (χ3v) is 5.10. The van der Waals surface area contributed by atoms with Gasteiger partial charge in [0.1, 0.15) is 0 Å². The summed E-state index contributed by atoms with van der Waals surface area (Å²) in [6.07, 6.45) is 1.81. The number of benzene rings is 1. The lowest BCUT2D eigenvalue weighted by Gasteiger charge is -2.09. The molecule has 2 N–H and O–H groups in total. The molecule has 0 aliphatic rings. The highest BCUT2D eigenvalue weighted by atomic mass is 32.1. The Morgan fingerprint density at radius 1 is 1.12 bits per heavy atom. The first-order valence-corrected chi connectivity index (χ1v) is 9.04. The molecular formula is C18H15N7S. The molecule has 0 unspecified atom stereocenters. The minimum atomic E-state index is 0.563. The van der Waals surface area contributed by atoms with Crippen LogP contribution < -0.4 is 5.32 Å². The van der Waals surface area contributed by atoms with Crippen molar-refractivity contribution in [2.75, 3.05) is 5.32 Å². The van der Waals surface area contributed by atoms with E-state index in [0.29, 0.717) is 5.95 Å².